The van der Waals surface area contributed by atoms with Gasteiger partial charge in [0, 0.05) is 11.4 Å². The average Bonchev–Trinajstić information content (AvgIpc) is 2.77. The van der Waals surface area contributed by atoms with Gasteiger partial charge in [-0.3, -0.25) is 0 Å². The molecule has 0 saturated carbocycles. The molecule has 1 aromatic heterocycles. The highest BCUT2D eigenvalue weighted by atomic mass is 32.1. The van der Waals surface area contributed by atoms with E-state index in [2.05, 4.69) is 0 Å². The Balaban J connectivity index is 2.13. The minimum absolute atomic E-state index is 0.0990. The molecule has 2 rings (SSSR count). The van der Waals surface area contributed by atoms with Crippen LogP contribution in [0.25, 0.3) is 0 Å². The number of aromatic carboxylic acids is 1. The quantitative estimate of drug-likeness (QED) is 0.918. The summed E-state index contributed by atoms with van der Waals surface area (Å²) in [7, 11) is 0. The largest absolute Gasteiger partial charge is 0.477 e. The molecular weight excluding hydrogens is 281 g/mol. The number of carboxylic acid groups (broad SMARTS) is 1. The van der Waals surface area contributed by atoms with Gasteiger partial charge in [-0.1, -0.05) is 0 Å². The lowest BCUT2D eigenvalue weighted by Crippen LogP contribution is -2.03. The van der Waals surface area contributed by atoms with E-state index in [1.54, 1.807) is 0 Å². The lowest BCUT2D eigenvalue weighted by atomic mass is 10.2. The van der Waals surface area contributed by atoms with Gasteiger partial charge in [-0.05, 0) is 24.3 Å². The van der Waals surface area contributed by atoms with Crippen molar-refractivity contribution in [1.82, 2.24) is 0 Å². The number of alkyl halides is 3. The third-order valence-electron chi connectivity index (χ3n) is 2.20. The number of benzene rings is 1. The molecule has 100 valence electrons. The van der Waals surface area contributed by atoms with Crippen LogP contribution in [0.5, 0.6) is 11.5 Å². The Kier molecular flexibility index (Phi) is 3.48. The Labute approximate surface area is 109 Å². The Morgan fingerprint density at radius 2 is 1.79 bits per heavy atom. The molecule has 3 nitrogen and oxygen atoms in total. The zero-order chi connectivity index (χ0) is 14.0. The Morgan fingerprint density at radius 1 is 1.16 bits per heavy atom. The first-order chi connectivity index (χ1) is 8.86. The molecule has 1 aromatic carbocycles. The second kappa shape index (κ2) is 4.93. The molecule has 0 bridgehead atoms. The maximum atomic E-state index is 12.3. The highest BCUT2D eigenvalue weighted by molar-refractivity contribution is 7.12. The van der Waals surface area contributed by atoms with Gasteiger partial charge < -0.3 is 9.84 Å². The van der Waals surface area contributed by atoms with Crippen molar-refractivity contribution < 1.29 is 27.8 Å². The smallest absolute Gasteiger partial charge is 0.416 e. The van der Waals surface area contributed by atoms with Gasteiger partial charge in [-0.2, -0.15) is 13.2 Å². The number of rotatable bonds is 3. The first kappa shape index (κ1) is 13.4. The molecule has 0 aliphatic rings. The minimum Gasteiger partial charge on any atom is -0.477 e. The number of carboxylic acids is 1. The molecule has 1 heterocycles. The van der Waals surface area contributed by atoms with E-state index in [0.29, 0.717) is 0 Å². The molecule has 0 radical (unpaired) electrons. The maximum Gasteiger partial charge on any atom is 0.416 e. The molecule has 0 amide bonds. The van der Waals surface area contributed by atoms with Gasteiger partial charge >= 0.3 is 12.1 Å². The van der Waals surface area contributed by atoms with Crippen molar-refractivity contribution >= 4 is 17.3 Å². The molecule has 0 fully saturated rings. The van der Waals surface area contributed by atoms with Crippen LogP contribution in [0.15, 0.2) is 35.7 Å². The minimum atomic E-state index is -4.39. The summed E-state index contributed by atoms with van der Waals surface area (Å²) >= 11 is 0.980. The van der Waals surface area contributed by atoms with E-state index in [4.69, 9.17) is 9.84 Å². The lowest BCUT2D eigenvalue weighted by molar-refractivity contribution is -0.137. The number of hydrogen-bond acceptors (Lipinski definition) is 3. The van der Waals surface area contributed by atoms with Crippen molar-refractivity contribution in [3.05, 3.63) is 46.2 Å². The third kappa shape index (κ3) is 3.25. The Bertz CT molecular complexity index is 587. The zero-order valence-corrected chi connectivity index (χ0v) is 10.1. The van der Waals surface area contributed by atoms with Gasteiger partial charge in [0.15, 0.2) is 0 Å². The van der Waals surface area contributed by atoms with Crippen molar-refractivity contribution in [2.75, 3.05) is 0 Å². The van der Waals surface area contributed by atoms with Crippen molar-refractivity contribution in [3.8, 4) is 11.5 Å². The molecule has 19 heavy (non-hydrogen) atoms. The van der Waals surface area contributed by atoms with E-state index in [0.717, 1.165) is 23.5 Å². The molecular formula is C12H7F3O3S. The van der Waals surface area contributed by atoms with E-state index >= 15 is 0 Å². The van der Waals surface area contributed by atoms with E-state index in [1.807, 2.05) is 0 Å². The summed E-state index contributed by atoms with van der Waals surface area (Å²) in [5.74, 6) is -0.586. The fourth-order valence-corrected chi connectivity index (χ4v) is 1.98. The summed E-state index contributed by atoms with van der Waals surface area (Å²) < 4.78 is 42.3. The number of thiophene rings is 1. The topological polar surface area (TPSA) is 46.5 Å². The van der Waals surface area contributed by atoms with E-state index in [1.165, 1.54) is 23.6 Å². The van der Waals surface area contributed by atoms with Crippen LogP contribution in [0.4, 0.5) is 13.2 Å². The molecule has 7 heteroatoms. The molecule has 0 spiro atoms. The number of ether oxygens (including phenoxy) is 1. The molecule has 0 aliphatic heterocycles. The van der Waals surface area contributed by atoms with Gasteiger partial charge in [0.1, 0.15) is 16.4 Å². The van der Waals surface area contributed by atoms with Crippen LogP contribution < -0.4 is 4.74 Å². The van der Waals surface area contributed by atoms with Gasteiger partial charge in [0.25, 0.3) is 0 Å². The van der Waals surface area contributed by atoms with Crippen LogP contribution in [0.3, 0.4) is 0 Å². The van der Waals surface area contributed by atoms with Crippen molar-refractivity contribution in [2.24, 2.45) is 0 Å². The first-order valence-electron chi connectivity index (χ1n) is 5.03. The molecule has 0 saturated heterocycles. The van der Waals surface area contributed by atoms with E-state index in [-0.39, 0.29) is 16.4 Å². The molecule has 0 atom stereocenters. The van der Waals surface area contributed by atoms with Crippen LogP contribution in [0.1, 0.15) is 15.2 Å². The molecule has 0 aliphatic carbocycles. The van der Waals surface area contributed by atoms with E-state index < -0.39 is 17.7 Å². The highest BCUT2D eigenvalue weighted by Gasteiger charge is 2.30. The number of carbonyl (C=O) groups is 1. The second-order valence-corrected chi connectivity index (χ2v) is 4.49. The third-order valence-corrected chi connectivity index (χ3v) is 3.10. The summed E-state index contributed by atoms with van der Waals surface area (Å²) in [5, 5.41) is 10.2. The van der Waals surface area contributed by atoms with Crippen LogP contribution in [-0.4, -0.2) is 11.1 Å². The summed E-state index contributed by atoms with van der Waals surface area (Å²) in [6.45, 7) is 0. The molecule has 2 aromatic rings. The normalized spacial score (nSPS) is 11.3. The summed E-state index contributed by atoms with van der Waals surface area (Å²) in [4.78, 5) is 10.8. The Hall–Kier alpha value is -2.02. The summed E-state index contributed by atoms with van der Waals surface area (Å²) in [6.07, 6.45) is -4.39. The lowest BCUT2D eigenvalue weighted by Gasteiger charge is -2.07. The van der Waals surface area contributed by atoms with Crippen molar-refractivity contribution in [1.29, 1.82) is 0 Å². The second-order valence-electron chi connectivity index (χ2n) is 3.58. The van der Waals surface area contributed by atoms with Crippen LogP contribution in [-0.2, 0) is 6.18 Å². The predicted octanol–water partition coefficient (Wildman–Crippen LogP) is 4.26. The van der Waals surface area contributed by atoms with Crippen LogP contribution >= 0.6 is 11.3 Å². The van der Waals surface area contributed by atoms with Gasteiger partial charge in [0.2, 0.25) is 0 Å². The predicted molar refractivity (Wildman–Crippen MR) is 62.8 cm³/mol. The Morgan fingerprint density at radius 3 is 2.26 bits per heavy atom. The fourth-order valence-electron chi connectivity index (χ4n) is 1.33. The summed E-state index contributed by atoms with van der Waals surface area (Å²) in [5.41, 5.74) is -0.767. The monoisotopic (exact) mass is 288 g/mol. The maximum absolute atomic E-state index is 12.3. The number of hydrogen-bond donors (Lipinski definition) is 1. The fraction of sp³-hybridized carbons (Fsp3) is 0.0833. The zero-order valence-electron chi connectivity index (χ0n) is 9.27. The SMILES string of the molecule is O=C(O)c1cc(Oc2ccc(C(F)(F)F)cc2)cs1. The average molecular weight is 288 g/mol. The van der Waals surface area contributed by atoms with Gasteiger partial charge in [-0.15, -0.1) is 11.3 Å². The standard InChI is InChI=1S/C12H7F3O3S/c13-12(14,15)7-1-3-8(4-2-7)18-9-5-10(11(16)17)19-6-9/h1-6H,(H,16,17). The summed E-state index contributed by atoms with van der Waals surface area (Å²) in [6, 6.07) is 5.48. The van der Waals surface area contributed by atoms with Crippen LogP contribution in [0.2, 0.25) is 0 Å². The molecule has 0 unspecified atom stereocenters. The number of halogens is 3. The molecule has 1 N–H and O–H groups in total. The first-order valence-corrected chi connectivity index (χ1v) is 5.91. The highest BCUT2D eigenvalue weighted by Crippen LogP contribution is 2.32. The van der Waals surface area contributed by atoms with Gasteiger partial charge in [-0.25, -0.2) is 4.79 Å². The van der Waals surface area contributed by atoms with Crippen molar-refractivity contribution in [3.63, 3.8) is 0 Å². The van der Waals surface area contributed by atoms with Gasteiger partial charge in [0.05, 0.1) is 5.56 Å². The van der Waals surface area contributed by atoms with E-state index in [9.17, 15) is 18.0 Å². The van der Waals surface area contributed by atoms with Crippen LogP contribution in [0, 0.1) is 0 Å². The van der Waals surface area contributed by atoms with Crippen molar-refractivity contribution in [2.45, 2.75) is 6.18 Å².